The number of nitrogens with zero attached hydrogens (tertiary/aromatic N) is 2. The minimum Gasteiger partial charge on any atom is -0.386 e. The van der Waals surface area contributed by atoms with Gasteiger partial charge in [-0.1, -0.05) is 31.5 Å². The van der Waals surface area contributed by atoms with Crippen LogP contribution in [0, 0.1) is 10.1 Å². The maximum Gasteiger partial charge on any atom is 0.273 e. The number of nitro benzene ring substituents is 1. The summed E-state index contributed by atoms with van der Waals surface area (Å²) in [5.41, 5.74) is -0.397. The number of nitro groups is 1. The minimum atomic E-state index is -0.771. The summed E-state index contributed by atoms with van der Waals surface area (Å²) in [6.45, 7) is 2.62. The Morgan fingerprint density at radius 1 is 1.45 bits per heavy atom. The first-order chi connectivity index (χ1) is 9.45. The summed E-state index contributed by atoms with van der Waals surface area (Å²) in [5.74, 6) is -0.180. The normalized spacial score (nSPS) is 16.6. The molecule has 0 spiro atoms. The van der Waals surface area contributed by atoms with E-state index in [0.717, 1.165) is 6.42 Å². The van der Waals surface area contributed by atoms with Crippen molar-refractivity contribution >= 4 is 11.6 Å². The molecule has 6 nitrogen and oxygen atoms in total. The lowest BCUT2D eigenvalue weighted by molar-refractivity contribution is -0.385. The Balaban J connectivity index is 1.99. The van der Waals surface area contributed by atoms with Crippen molar-refractivity contribution in [1.29, 1.82) is 0 Å². The number of carbonyl (C=O) groups excluding carboxylic acids is 1. The van der Waals surface area contributed by atoms with Crippen LogP contribution in [-0.2, 0) is 11.2 Å². The maximum atomic E-state index is 12.1. The van der Waals surface area contributed by atoms with Crippen LogP contribution in [0.2, 0.25) is 0 Å². The second kappa shape index (κ2) is 5.58. The zero-order valence-electron chi connectivity index (χ0n) is 11.4. The van der Waals surface area contributed by atoms with E-state index in [0.29, 0.717) is 25.1 Å². The molecule has 0 bridgehead atoms. The van der Waals surface area contributed by atoms with Crippen LogP contribution in [-0.4, -0.2) is 39.5 Å². The van der Waals surface area contributed by atoms with Crippen LogP contribution in [0.3, 0.4) is 0 Å². The van der Waals surface area contributed by atoms with Crippen LogP contribution in [0.4, 0.5) is 5.69 Å². The molecule has 0 atom stereocenters. The molecule has 0 saturated carbocycles. The van der Waals surface area contributed by atoms with Crippen LogP contribution in [0.5, 0.6) is 0 Å². The van der Waals surface area contributed by atoms with Crippen molar-refractivity contribution in [2.24, 2.45) is 0 Å². The molecule has 1 aromatic carbocycles. The molecule has 0 unspecified atom stereocenters. The van der Waals surface area contributed by atoms with Crippen LogP contribution in [0.25, 0.3) is 0 Å². The SMILES string of the molecule is CCCC1(O)CN(C(=O)Cc2ccccc2[N+](=O)[O-])C1. The number of amides is 1. The summed E-state index contributed by atoms with van der Waals surface area (Å²) in [4.78, 5) is 24.0. The maximum absolute atomic E-state index is 12.1. The quantitative estimate of drug-likeness (QED) is 0.653. The fourth-order valence-electron chi connectivity index (χ4n) is 2.58. The number of aliphatic hydroxyl groups is 1. The second-order valence-electron chi connectivity index (χ2n) is 5.29. The largest absolute Gasteiger partial charge is 0.386 e. The average molecular weight is 278 g/mol. The summed E-state index contributed by atoms with van der Waals surface area (Å²) in [6.07, 6.45) is 1.53. The molecule has 1 saturated heterocycles. The number of rotatable bonds is 5. The number of carbonyl (C=O) groups is 1. The van der Waals surface area contributed by atoms with E-state index in [-0.39, 0.29) is 18.0 Å². The third kappa shape index (κ3) is 2.96. The number of hydrogen-bond acceptors (Lipinski definition) is 4. The van der Waals surface area contributed by atoms with E-state index in [1.807, 2.05) is 6.92 Å². The number of para-hydroxylation sites is 1. The molecular formula is C14H18N2O4. The molecule has 6 heteroatoms. The van der Waals surface area contributed by atoms with Gasteiger partial charge in [0.1, 0.15) is 0 Å². The second-order valence-corrected chi connectivity index (χ2v) is 5.29. The van der Waals surface area contributed by atoms with Gasteiger partial charge < -0.3 is 10.0 Å². The average Bonchev–Trinajstić information content (AvgIpc) is 2.36. The van der Waals surface area contributed by atoms with Crippen molar-refractivity contribution < 1.29 is 14.8 Å². The van der Waals surface area contributed by atoms with Crippen molar-refractivity contribution in [2.75, 3.05) is 13.1 Å². The van der Waals surface area contributed by atoms with E-state index in [9.17, 15) is 20.0 Å². The van der Waals surface area contributed by atoms with Gasteiger partial charge in [0.25, 0.3) is 5.69 Å². The van der Waals surface area contributed by atoms with Crippen molar-refractivity contribution in [2.45, 2.75) is 31.8 Å². The Kier molecular flexibility index (Phi) is 4.04. The van der Waals surface area contributed by atoms with Crippen molar-refractivity contribution in [1.82, 2.24) is 4.90 Å². The van der Waals surface area contributed by atoms with Gasteiger partial charge in [-0.05, 0) is 6.42 Å². The van der Waals surface area contributed by atoms with Crippen LogP contribution >= 0.6 is 0 Å². The Labute approximate surface area is 117 Å². The predicted octanol–water partition coefficient (Wildman–Crippen LogP) is 1.51. The topological polar surface area (TPSA) is 83.7 Å². The molecule has 1 N–H and O–H groups in total. The van der Waals surface area contributed by atoms with Crippen molar-refractivity contribution in [3.05, 3.63) is 39.9 Å². The molecular weight excluding hydrogens is 260 g/mol. The first-order valence-electron chi connectivity index (χ1n) is 6.67. The standard InChI is InChI=1S/C14H18N2O4/c1-2-7-14(18)9-15(10-14)13(17)8-11-5-3-4-6-12(11)16(19)20/h3-6,18H,2,7-10H2,1H3. The molecule has 1 fully saturated rings. The van der Waals surface area contributed by atoms with Gasteiger partial charge in [0.2, 0.25) is 5.91 Å². The highest BCUT2D eigenvalue weighted by molar-refractivity contribution is 5.81. The van der Waals surface area contributed by atoms with E-state index in [2.05, 4.69) is 0 Å². The molecule has 0 aromatic heterocycles. The Morgan fingerprint density at radius 2 is 2.10 bits per heavy atom. The smallest absolute Gasteiger partial charge is 0.273 e. The van der Waals surface area contributed by atoms with E-state index < -0.39 is 10.5 Å². The summed E-state index contributed by atoms with van der Waals surface area (Å²) in [7, 11) is 0. The van der Waals surface area contributed by atoms with Gasteiger partial charge in [0.15, 0.2) is 0 Å². The van der Waals surface area contributed by atoms with Crippen molar-refractivity contribution in [3.8, 4) is 0 Å². The zero-order chi connectivity index (χ0) is 14.8. The minimum absolute atomic E-state index is 0.000637. The molecule has 1 heterocycles. The molecule has 2 rings (SSSR count). The van der Waals surface area contributed by atoms with E-state index in [4.69, 9.17) is 0 Å². The van der Waals surface area contributed by atoms with Crippen LogP contribution < -0.4 is 0 Å². The predicted molar refractivity (Wildman–Crippen MR) is 73.2 cm³/mol. The van der Waals surface area contributed by atoms with Gasteiger partial charge in [0, 0.05) is 11.6 Å². The molecule has 1 aliphatic heterocycles. The molecule has 108 valence electrons. The first-order valence-corrected chi connectivity index (χ1v) is 6.67. The fourth-order valence-corrected chi connectivity index (χ4v) is 2.58. The van der Waals surface area contributed by atoms with Gasteiger partial charge in [-0.25, -0.2) is 0 Å². The van der Waals surface area contributed by atoms with Crippen LogP contribution in [0.15, 0.2) is 24.3 Å². The summed E-state index contributed by atoms with van der Waals surface area (Å²) < 4.78 is 0. The Bertz CT molecular complexity index is 524. The molecule has 20 heavy (non-hydrogen) atoms. The van der Waals surface area contributed by atoms with E-state index >= 15 is 0 Å². The summed E-state index contributed by atoms with van der Waals surface area (Å²) >= 11 is 0. The Hall–Kier alpha value is -1.95. The molecule has 0 radical (unpaired) electrons. The van der Waals surface area contributed by atoms with Gasteiger partial charge in [-0.15, -0.1) is 0 Å². The molecule has 1 amide bonds. The lowest BCUT2D eigenvalue weighted by Gasteiger charge is -2.46. The van der Waals surface area contributed by atoms with Gasteiger partial charge >= 0.3 is 0 Å². The highest BCUT2D eigenvalue weighted by Gasteiger charge is 2.42. The first kappa shape index (κ1) is 14.5. The lowest BCUT2D eigenvalue weighted by atomic mass is 9.89. The Morgan fingerprint density at radius 3 is 2.70 bits per heavy atom. The number of β-amino-alcohol motifs (C(OH)–C–C–N with tert-alkyl or cyclic N) is 1. The molecule has 0 aliphatic carbocycles. The number of likely N-dealkylation sites (tertiary alicyclic amines) is 1. The number of benzene rings is 1. The fraction of sp³-hybridized carbons (Fsp3) is 0.500. The third-order valence-corrected chi connectivity index (χ3v) is 3.57. The summed E-state index contributed by atoms with van der Waals surface area (Å²) in [6, 6.07) is 6.25. The van der Waals surface area contributed by atoms with Crippen LogP contribution in [0.1, 0.15) is 25.3 Å². The monoisotopic (exact) mass is 278 g/mol. The zero-order valence-corrected chi connectivity index (χ0v) is 11.4. The van der Waals surface area contributed by atoms with Gasteiger partial charge in [-0.3, -0.25) is 14.9 Å². The highest BCUT2D eigenvalue weighted by atomic mass is 16.6. The molecule has 1 aromatic rings. The van der Waals surface area contributed by atoms with Crippen molar-refractivity contribution in [3.63, 3.8) is 0 Å². The number of hydrogen-bond donors (Lipinski definition) is 1. The lowest BCUT2D eigenvalue weighted by Crippen LogP contribution is -2.63. The van der Waals surface area contributed by atoms with E-state index in [1.165, 1.54) is 6.07 Å². The highest BCUT2D eigenvalue weighted by Crippen LogP contribution is 2.27. The molecule has 1 aliphatic rings. The third-order valence-electron chi connectivity index (χ3n) is 3.57. The summed E-state index contributed by atoms with van der Waals surface area (Å²) in [5, 5.41) is 20.9. The van der Waals surface area contributed by atoms with E-state index in [1.54, 1.807) is 23.1 Å². The van der Waals surface area contributed by atoms with Gasteiger partial charge in [-0.2, -0.15) is 0 Å². The van der Waals surface area contributed by atoms with Gasteiger partial charge in [0.05, 0.1) is 30.0 Å².